The fourth-order valence-electron chi connectivity index (χ4n) is 2.98. The Labute approximate surface area is 145 Å². The second-order valence-electron chi connectivity index (χ2n) is 6.76. The fraction of sp³-hybridized carbons (Fsp3) is 1.00. The third-order valence-corrected chi connectivity index (χ3v) is 4.90. The number of nitrogens with zero attached hydrogens (tertiary/aromatic N) is 3. The van der Waals surface area contributed by atoms with E-state index in [0.29, 0.717) is 26.1 Å². The van der Waals surface area contributed by atoms with Gasteiger partial charge in [-0.1, -0.05) is 0 Å². The number of rotatable bonds is 8. The average molecular weight is 367 g/mol. The average Bonchev–Trinajstić information content (AvgIpc) is 2.50. The van der Waals surface area contributed by atoms with Gasteiger partial charge in [-0.3, -0.25) is 9.80 Å². The molecule has 2 atom stereocenters. The van der Waals surface area contributed by atoms with Crippen LogP contribution in [0.5, 0.6) is 0 Å². The molecule has 0 unspecified atom stereocenters. The molecule has 1 saturated heterocycles. The maximum absolute atomic E-state index is 10.8. The van der Waals surface area contributed by atoms with Crippen molar-refractivity contribution in [3.8, 4) is 0 Å². The van der Waals surface area contributed by atoms with E-state index >= 15 is 0 Å². The Morgan fingerprint density at radius 2 is 1.25 bits per heavy atom. The van der Waals surface area contributed by atoms with Crippen LogP contribution in [0.3, 0.4) is 0 Å². The quantitative estimate of drug-likeness (QED) is 0.505. The molecule has 0 aromatic heterocycles. The van der Waals surface area contributed by atoms with E-state index in [9.17, 15) is 23.2 Å². The molecular formula is C15H32N3O5S-. The summed E-state index contributed by atoms with van der Waals surface area (Å²) in [6.07, 6.45) is -0.483. The minimum Gasteiger partial charge on any atom is -0.748 e. The van der Waals surface area contributed by atoms with E-state index in [-0.39, 0.29) is 5.75 Å². The van der Waals surface area contributed by atoms with Crippen LogP contribution in [-0.2, 0) is 10.1 Å². The van der Waals surface area contributed by atoms with Crippen molar-refractivity contribution in [1.29, 1.82) is 0 Å². The van der Waals surface area contributed by atoms with E-state index in [1.807, 2.05) is 0 Å². The zero-order valence-electron chi connectivity index (χ0n) is 14.8. The number of aliphatic hydroxyl groups excluding tert-OH is 2. The molecule has 9 heteroatoms. The lowest BCUT2D eigenvalue weighted by Crippen LogP contribution is -2.41. The van der Waals surface area contributed by atoms with Crippen LogP contribution in [0.2, 0.25) is 0 Å². The first kappa shape index (κ1) is 21.8. The molecule has 0 amide bonds. The third kappa shape index (κ3) is 10.5. The highest BCUT2D eigenvalue weighted by Crippen LogP contribution is 2.04. The highest BCUT2D eigenvalue weighted by atomic mass is 32.2. The fourth-order valence-corrected chi connectivity index (χ4v) is 3.47. The van der Waals surface area contributed by atoms with E-state index < -0.39 is 22.3 Å². The van der Waals surface area contributed by atoms with Gasteiger partial charge in [0, 0.05) is 58.1 Å². The molecule has 0 bridgehead atoms. The maximum Gasteiger partial charge on any atom is 0.0946 e. The van der Waals surface area contributed by atoms with Gasteiger partial charge in [-0.25, -0.2) is 8.42 Å². The van der Waals surface area contributed by atoms with E-state index in [1.54, 1.807) is 13.8 Å². The van der Waals surface area contributed by atoms with Crippen molar-refractivity contribution in [3.05, 3.63) is 0 Å². The summed E-state index contributed by atoms with van der Waals surface area (Å²) in [6, 6.07) is 0. The van der Waals surface area contributed by atoms with Crippen LogP contribution in [0.1, 0.15) is 20.3 Å². The van der Waals surface area contributed by atoms with Crippen molar-refractivity contribution in [3.63, 3.8) is 0 Å². The lowest BCUT2D eigenvalue weighted by Gasteiger charge is -2.27. The Hall–Kier alpha value is -0.290. The van der Waals surface area contributed by atoms with E-state index in [2.05, 4.69) is 14.7 Å². The van der Waals surface area contributed by atoms with E-state index in [0.717, 1.165) is 39.3 Å². The first-order valence-corrected chi connectivity index (χ1v) is 10.2. The van der Waals surface area contributed by atoms with Crippen LogP contribution < -0.4 is 0 Å². The molecule has 1 rings (SSSR count). The molecule has 0 radical (unpaired) electrons. The molecule has 24 heavy (non-hydrogen) atoms. The summed E-state index contributed by atoms with van der Waals surface area (Å²) in [4.78, 5) is 6.52. The van der Waals surface area contributed by atoms with Crippen LogP contribution in [-0.4, -0.2) is 115 Å². The topological polar surface area (TPSA) is 107 Å². The lowest BCUT2D eigenvalue weighted by molar-refractivity contribution is 0.102. The smallest absolute Gasteiger partial charge is 0.0946 e. The molecule has 1 aliphatic heterocycles. The SMILES string of the molecule is C[C@H](O)CN1CCN(CCCS(=O)(=O)[O-])CCN(C[C@H](C)O)CC1. The predicted octanol–water partition coefficient (Wildman–Crippen LogP) is -1.40. The highest BCUT2D eigenvalue weighted by molar-refractivity contribution is 7.85. The summed E-state index contributed by atoms with van der Waals surface area (Å²) >= 11 is 0. The van der Waals surface area contributed by atoms with Crippen LogP contribution in [0.15, 0.2) is 0 Å². The molecule has 8 nitrogen and oxygen atoms in total. The molecule has 144 valence electrons. The first-order valence-electron chi connectivity index (χ1n) is 8.62. The maximum atomic E-state index is 10.8. The minimum absolute atomic E-state index is 0.332. The van der Waals surface area contributed by atoms with Gasteiger partial charge >= 0.3 is 0 Å². The van der Waals surface area contributed by atoms with Crippen LogP contribution in [0.4, 0.5) is 0 Å². The van der Waals surface area contributed by atoms with Gasteiger partial charge in [-0.15, -0.1) is 0 Å². The molecule has 1 aliphatic rings. The molecule has 0 saturated carbocycles. The van der Waals surface area contributed by atoms with Crippen molar-refractivity contribution in [2.45, 2.75) is 32.5 Å². The van der Waals surface area contributed by atoms with Crippen molar-refractivity contribution in [2.24, 2.45) is 0 Å². The molecule has 2 N–H and O–H groups in total. The zero-order valence-corrected chi connectivity index (χ0v) is 15.6. The number of hydrogen-bond acceptors (Lipinski definition) is 8. The largest absolute Gasteiger partial charge is 0.748 e. The second kappa shape index (κ2) is 10.6. The Morgan fingerprint density at radius 1 is 0.875 bits per heavy atom. The summed E-state index contributed by atoms with van der Waals surface area (Å²) in [5.41, 5.74) is 0. The van der Waals surface area contributed by atoms with Gasteiger partial charge in [-0.05, 0) is 26.8 Å². The second-order valence-corrected chi connectivity index (χ2v) is 8.28. The third-order valence-electron chi connectivity index (χ3n) is 4.11. The number of hydrogen-bond donors (Lipinski definition) is 2. The van der Waals surface area contributed by atoms with E-state index in [4.69, 9.17) is 0 Å². The minimum atomic E-state index is -4.17. The normalized spacial score (nSPS) is 22.5. The van der Waals surface area contributed by atoms with E-state index in [1.165, 1.54) is 0 Å². The molecule has 0 aromatic carbocycles. The van der Waals surface area contributed by atoms with Gasteiger partial charge < -0.3 is 19.7 Å². The summed E-state index contributed by atoms with van der Waals surface area (Å²) in [5.74, 6) is -0.335. The van der Waals surface area contributed by atoms with Crippen LogP contribution >= 0.6 is 0 Å². The lowest BCUT2D eigenvalue weighted by atomic mass is 10.3. The molecular weight excluding hydrogens is 334 g/mol. The molecule has 1 heterocycles. The van der Waals surface area contributed by atoms with Gasteiger partial charge in [0.15, 0.2) is 0 Å². The molecule has 0 aliphatic carbocycles. The molecule has 0 spiro atoms. The first-order chi connectivity index (χ1) is 11.2. The number of β-amino-alcohol motifs (C(OH)–C–C–N with tert-alkyl or cyclic N) is 2. The zero-order chi connectivity index (χ0) is 18.2. The predicted molar refractivity (Wildman–Crippen MR) is 91.9 cm³/mol. The monoisotopic (exact) mass is 366 g/mol. The van der Waals surface area contributed by atoms with Crippen LogP contribution in [0, 0.1) is 0 Å². The van der Waals surface area contributed by atoms with Gasteiger partial charge in [-0.2, -0.15) is 0 Å². The van der Waals surface area contributed by atoms with Crippen molar-refractivity contribution in [1.82, 2.24) is 14.7 Å². The Morgan fingerprint density at radius 3 is 1.58 bits per heavy atom. The van der Waals surface area contributed by atoms with Crippen molar-refractivity contribution < 1.29 is 23.2 Å². The molecule has 1 fully saturated rings. The Kier molecular flexibility index (Phi) is 9.65. The Bertz CT molecular complexity index is 422. The summed E-state index contributed by atoms with van der Waals surface area (Å²) in [7, 11) is -4.17. The highest BCUT2D eigenvalue weighted by Gasteiger charge is 2.18. The summed E-state index contributed by atoms with van der Waals surface area (Å²) < 4.78 is 32.3. The van der Waals surface area contributed by atoms with Crippen molar-refractivity contribution >= 4 is 10.1 Å². The Balaban J connectivity index is 2.61. The van der Waals surface area contributed by atoms with Gasteiger partial charge in [0.05, 0.1) is 22.3 Å². The number of aliphatic hydroxyl groups is 2. The summed E-state index contributed by atoms with van der Waals surface area (Å²) in [6.45, 7) is 10.0. The van der Waals surface area contributed by atoms with Crippen LogP contribution in [0.25, 0.3) is 0 Å². The standard InChI is InChI=1S/C15H33N3O5S/c1-14(19)12-17-7-5-16(4-3-11-24(21,22)23)6-8-18(10-9-17)13-15(2)20/h14-15,19-20H,3-13H2,1-2H3,(H,21,22,23)/p-1/t14-,15-/m0/s1. The molecule has 0 aromatic rings. The van der Waals surface area contributed by atoms with Gasteiger partial charge in [0.25, 0.3) is 0 Å². The van der Waals surface area contributed by atoms with Gasteiger partial charge in [0.1, 0.15) is 0 Å². The van der Waals surface area contributed by atoms with Gasteiger partial charge in [0.2, 0.25) is 0 Å². The van der Waals surface area contributed by atoms with Crippen molar-refractivity contribution in [2.75, 3.05) is 64.7 Å². The summed E-state index contributed by atoms with van der Waals surface area (Å²) in [5, 5.41) is 19.3.